The molecule has 1 fully saturated rings. The number of hydrogen-bond donors (Lipinski definition) is 0. The molecule has 156 valence electrons. The molecule has 1 saturated carbocycles. The molecule has 5 rings (SSSR count). The second-order valence-electron chi connectivity index (χ2n) is 8.05. The van der Waals surface area contributed by atoms with Crippen LogP contribution in [0.5, 0.6) is 0 Å². The summed E-state index contributed by atoms with van der Waals surface area (Å²) in [7, 11) is -3.17. The van der Waals surface area contributed by atoms with Crippen molar-refractivity contribution in [1.82, 2.24) is 9.55 Å². The Morgan fingerprint density at radius 3 is 2.63 bits per heavy atom. The molecular weight excluding hydrogens is 445 g/mol. The van der Waals surface area contributed by atoms with Gasteiger partial charge in [0.15, 0.2) is 0 Å². The highest BCUT2D eigenvalue weighted by atomic mass is 35.5. The Hall–Kier alpha value is -2.09. The van der Waals surface area contributed by atoms with Gasteiger partial charge in [-0.25, -0.2) is 13.4 Å². The average Bonchev–Trinajstić information content (AvgIpc) is 3.34. The van der Waals surface area contributed by atoms with Crippen LogP contribution >= 0.6 is 23.2 Å². The molecule has 1 aliphatic heterocycles. The van der Waals surface area contributed by atoms with Gasteiger partial charge in [-0.15, -0.1) is 0 Å². The van der Waals surface area contributed by atoms with Crippen molar-refractivity contribution in [2.75, 3.05) is 16.9 Å². The first-order chi connectivity index (χ1) is 14.2. The van der Waals surface area contributed by atoms with Crippen molar-refractivity contribution in [3.05, 3.63) is 57.8 Å². The maximum absolute atomic E-state index is 13.3. The zero-order valence-electron chi connectivity index (χ0n) is 16.2. The number of rotatable bonds is 5. The summed E-state index contributed by atoms with van der Waals surface area (Å²) in [6.07, 6.45) is 2.79. The van der Waals surface area contributed by atoms with Gasteiger partial charge in [-0.1, -0.05) is 29.3 Å². The Morgan fingerprint density at radius 2 is 1.93 bits per heavy atom. The number of carbonyl (C=O) groups excluding carboxylic acids is 1. The maximum atomic E-state index is 13.3. The van der Waals surface area contributed by atoms with Gasteiger partial charge in [-0.05, 0) is 43.2 Å². The number of carbonyl (C=O) groups is 1. The van der Waals surface area contributed by atoms with Crippen LogP contribution in [0.2, 0.25) is 10.0 Å². The van der Waals surface area contributed by atoms with Gasteiger partial charge in [0.05, 0.1) is 28.7 Å². The topological polar surface area (TPSA) is 72.3 Å². The number of benzene rings is 2. The van der Waals surface area contributed by atoms with Crippen molar-refractivity contribution >= 4 is 55.7 Å². The number of aromatic nitrogens is 2. The highest BCUT2D eigenvalue weighted by molar-refractivity contribution is 7.90. The Morgan fingerprint density at radius 1 is 1.17 bits per heavy atom. The minimum atomic E-state index is -3.17. The van der Waals surface area contributed by atoms with E-state index < -0.39 is 15.3 Å². The van der Waals surface area contributed by atoms with E-state index in [0.29, 0.717) is 21.4 Å². The van der Waals surface area contributed by atoms with E-state index in [1.165, 1.54) is 6.26 Å². The highest BCUT2D eigenvalue weighted by Crippen LogP contribution is 2.59. The van der Waals surface area contributed by atoms with Gasteiger partial charge in [0.2, 0.25) is 5.91 Å². The summed E-state index contributed by atoms with van der Waals surface area (Å²) in [6, 6.07) is 10.9. The van der Waals surface area contributed by atoms with Crippen LogP contribution in [0.25, 0.3) is 11.0 Å². The van der Waals surface area contributed by atoms with Crippen molar-refractivity contribution in [1.29, 1.82) is 0 Å². The first-order valence-corrected chi connectivity index (χ1v) is 12.4. The van der Waals surface area contributed by atoms with Crippen LogP contribution in [-0.4, -0.2) is 35.9 Å². The van der Waals surface area contributed by atoms with Crippen molar-refractivity contribution < 1.29 is 13.2 Å². The molecular formula is C21H19Cl2N3O3S. The Balaban J connectivity index is 1.59. The summed E-state index contributed by atoms with van der Waals surface area (Å²) >= 11 is 12.6. The van der Waals surface area contributed by atoms with Crippen molar-refractivity contribution in [2.45, 2.75) is 31.3 Å². The van der Waals surface area contributed by atoms with Crippen molar-refractivity contribution in [3.63, 3.8) is 0 Å². The molecule has 0 unspecified atom stereocenters. The predicted molar refractivity (Wildman–Crippen MR) is 118 cm³/mol. The minimum absolute atomic E-state index is 0.0195. The zero-order chi connectivity index (χ0) is 21.3. The quantitative estimate of drug-likeness (QED) is 0.573. The number of fused-ring (bicyclic) bond motifs is 3. The number of halogens is 2. The molecule has 30 heavy (non-hydrogen) atoms. The van der Waals surface area contributed by atoms with Gasteiger partial charge in [0.25, 0.3) is 0 Å². The van der Waals surface area contributed by atoms with Crippen LogP contribution in [0.4, 0.5) is 5.69 Å². The third kappa shape index (κ3) is 3.11. The average molecular weight is 464 g/mol. The molecule has 1 aliphatic carbocycles. The fourth-order valence-corrected chi connectivity index (χ4v) is 5.38. The van der Waals surface area contributed by atoms with Crippen LogP contribution in [0.15, 0.2) is 36.4 Å². The Kier molecular flexibility index (Phi) is 4.44. The Labute approximate surface area is 184 Å². The molecule has 2 aliphatic rings. The van der Waals surface area contributed by atoms with E-state index in [0.717, 1.165) is 29.6 Å². The summed E-state index contributed by atoms with van der Waals surface area (Å²) in [6.45, 7) is 0.492. The largest absolute Gasteiger partial charge is 0.325 e. The van der Waals surface area contributed by atoms with E-state index in [1.54, 1.807) is 17.0 Å². The summed E-state index contributed by atoms with van der Waals surface area (Å²) in [4.78, 5) is 19.7. The number of amides is 1. The SMILES string of the molecule is CS(=O)(=O)CCn1c(CN2C(=O)C3(CC3)c3c(Cl)cccc32)nc2cc(Cl)ccc21. The molecule has 0 saturated heterocycles. The standard InChI is InChI=1S/C21H19Cl2N3O3S/c1-30(28,29)10-9-25-16-6-5-13(22)11-15(16)24-18(25)12-26-17-4-2-3-14(23)19(17)21(7-8-21)20(26)27/h2-6,11H,7-10,12H2,1H3. The van der Waals surface area contributed by atoms with Crippen LogP contribution in [0, 0.1) is 0 Å². The molecule has 3 aromatic rings. The molecule has 0 bridgehead atoms. The van der Waals surface area contributed by atoms with Gasteiger partial charge in [-0.2, -0.15) is 0 Å². The smallest absolute Gasteiger partial charge is 0.238 e. The summed E-state index contributed by atoms with van der Waals surface area (Å²) in [5.41, 5.74) is 2.66. The van der Waals surface area contributed by atoms with E-state index >= 15 is 0 Å². The lowest BCUT2D eigenvalue weighted by Gasteiger charge is -2.19. The first-order valence-electron chi connectivity index (χ1n) is 9.63. The van der Waals surface area contributed by atoms with Gasteiger partial charge in [0, 0.05) is 34.1 Å². The Bertz CT molecular complexity index is 1310. The van der Waals surface area contributed by atoms with Crippen LogP contribution in [0.1, 0.15) is 24.2 Å². The summed E-state index contributed by atoms with van der Waals surface area (Å²) in [5, 5.41) is 1.16. The summed E-state index contributed by atoms with van der Waals surface area (Å²) in [5.74, 6) is 0.632. The molecule has 0 N–H and O–H groups in total. The molecule has 9 heteroatoms. The lowest BCUT2D eigenvalue weighted by Crippen LogP contribution is -2.32. The number of hydrogen-bond acceptors (Lipinski definition) is 4. The molecule has 1 aromatic heterocycles. The number of imidazole rings is 1. The fourth-order valence-electron chi connectivity index (χ4n) is 4.35. The third-order valence-corrected chi connectivity index (χ3v) is 7.41. The van der Waals surface area contributed by atoms with Gasteiger partial charge >= 0.3 is 0 Å². The second kappa shape index (κ2) is 6.70. The molecule has 2 aromatic carbocycles. The predicted octanol–water partition coefficient (Wildman–Crippen LogP) is 3.97. The fraction of sp³-hybridized carbons (Fsp3) is 0.333. The summed E-state index contributed by atoms with van der Waals surface area (Å²) < 4.78 is 25.4. The second-order valence-corrected chi connectivity index (χ2v) is 11.2. The number of sulfone groups is 1. The molecule has 2 heterocycles. The normalized spacial score (nSPS) is 17.2. The van der Waals surface area contributed by atoms with E-state index in [9.17, 15) is 13.2 Å². The third-order valence-electron chi connectivity index (χ3n) is 5.94. The van der Waals surface area contributed by atoms with E-state index in [-0.39, 0.29) is 24.7 Å². The van der Waals surface area contributed by atoms with Crippen LogP contribution in [0.3, 0.4) is 0 Å². The van der Waals surface area contributed by atoms with E-state index in [4.69, 9.17) is 28.2 Å². The van der Waals surface area contributed by atoms with E-state index in [1.807, 2.05) is 28.8 Å². The van der Waals surface area contributed by atoms with Crippen molar-refractivity contribution in [2.24, 2.45) is 0 Å². The molecule has 6 nitrogen and oxygen atoms in total. The number of nitrogens with zero attached hydrogens (tertiary/aromatic N) is 3. The molecule has 1 spiro atoms. The first kappa shape index (κ1) is 19.8. The number of anilines is 1. The van der Waals surface area contributed by atoms with Gasteiger partial charge in [0.1, 0.15) is 15.7 Å². The highest BCUT2D eigenvalue weighted by Gasteiger charge is 2.60. The van der Waals surface area contributed by atoms with E-state index in [2.05, 4.69) is 0 Å². The number of aryl methyl sites for hydroxylation is 1. The molecule has 1 amide bonds. The zero-order valence-corrected chi connectivity index (χ0v) is 18.6. The lowest BCUT2D eigenvalue weighted by atomic mass is 9.98. The molecule has 0 radical (unpaired) electrons. The lowest BCUT2D eigenvalue weighted by molar-refractivity contribution is -0.120. The maximum Gasteiger partial charge on any atom is 0.238 e. The van der Waals surface area contributed by atoms with Gasteiger partial charge < -0.3 is 9.47 Å². The molecule has 0 atom stereocenters. The van der Waals surface area contributed by atoms with Crippen molar-refractivity contribution in [3.8, 4) is 0 Å². The van der Waals surface area contributed by atoms with Crippen LogP contribution < -0.4 is 4.90 Å². The monoisotopic (exact) mass is 463 g/mol. The van der Waals surface area contributed by atoms with Gasteiger partial charge in [-0.3, -0.25) is 4.79 Å². The van der Waals surface area contributed by atoms with Crippen LogP contribution in [-0.2, 0) is 33.1 Å². The minimum Gasteiger partial charge on any atom is -0.325 e.